The monoisotopic (exact) mass is 377 g/mol. The summed E-state index contributed by atoms with van der Waals surface area (Å²) in [5, 5.41) is 0. The van der Waals surface area contributed by atoms with Crippen LogP contribution in [0.2, 0.25) is 64.0 Å². The number of rotatable bonds is 12. The highest BCUT2D eigenvalue weighted by molar-refractivity contribution is 6.75. The van der Waals surface area contributed by atoms with Crippen molar-refractivity contribution in [1.82, 2.24) is 0 Å². The first-order valence-corrected chi connectivity index (χ1v) is 19.0. The van der Waals surface area contributed by atoms with Crippen molar-refractivity contribution >= 4 is 45.2 Å². The fourth-order valence-electron chi connectivity index (χ4n) is 1.81. The number of hydrogen-bond donors (Lipinski definition) is 0. The van der Waals surface area contributed by atoms with Crippen LogP contribution in [0.25, 0.3) is 0 Å². The Labute approximate surface area is 141 Å². The molecule has 123 valence electrons. The fraction of sp³-hybridized carbons (Fsp3) is 1.00. The molecule has 0 aliphatic heterocycles. The van der Waals surface area contributed by atoms with Gasteiger partial charge in [-0.25, -0.2) is 0 Å². The van der Waals surface area contributed by atoms with E-state index in [1.807, 2.05) is 0 Å². The lowest BCUT2D eigenvalue weighted by Gasteiger charge is -2.24. The van der Waals surface area contributed by atoms with E-state index >= 15 is 0 Å². The van der Waals surface area contributed by atoms with Crippen LogP contribution in [0.3, 0.4) is 0 Å². The lowest BCUT2D eigenvalue weighted by Crippen LogP contribution is -2.33. The Kier molecular flexibility index (Phi) is 10.4. The molecule has 8 heteroatoms. The second kappa shape index (κ2) is 9.96. The molecule has 0 spiro atoms. The Balaban J connectivity index is 3.69. The van der Waals surface area contributed by atoms with Crippen LogP contribution in [0.4, 0.5) is 0 Å². The molecule has 0 saturated heterocycles. The van der Waals surface area contributed by atoms with Crippen LogP contribution in [0.5, 0.6) is 0 Å². The van der Waals surface area contributed by atoms with E-state index in [0.29, 0.717) is 9.76 Å². The Morgan fingerprint density at radius 3 is 1.95 bits per heavy atom. The Bertz CT molecular complexity index is 279. The largest absolute Gasteiger partial charge is 0.457 e. The maximum absolute atomic E-state index is 6.19. The normalized spacial score (nSPS) is 13.7. The summed E-state index contributed by atoms with van der Waals surface area (Å²) in [5.41, 5.74) is 0. The van der Waals surface area contributed by atoms with Gasteiger partial charge in [-0.15, -0.1) is 0 Å². The molecule has 5 radical (unpaired) electrons. The van der Waals surface area contributed by atoms with E-state index in [-0.39, 0.29) is 0 Å². The standard InChI is InChI=1S/C13H33O3Si5/c1-19(2,3)14-10-8-12-21(6,7)16-18-11-9-13-20(4,5)15-17/h8-13H2,1-7H3. The predicted octanol–water partition coefficient (Wildman–Crippen LogP) is 4.18. The molecule has 0 aromatic rings. The van der Waals surface area contributed by atoms with Gasteiger partial charge < -0.3 is 12.7 Å². The van der Waals surface area contributed by atoms with Crippen LogP contribution in [-0.2, 0) is 12.7 Å². The molecule has 0 aromatic heterocycles. The summed E-state index contributed by atoms with van der Waals surface area (Å²) in [4.78, 5) is 0. The van der Waals surface area contributed by atoms with Crippen molar-refractivity contribution in [3.63, 3.8) is 0 Å². The minimum absolute atomic E-state index is 0.652. The zero-order chi connectivity index (χ0) is 16.6. The van der Waals surface area contributed by atoms with Gasteiger partial charge in [-0.05, 0) is 70.4 Å². The van der Waals surface area contributed by atoms with E-state index in [4.69, 9.17) is 12.7 Å². The molecule has 0 aromatic carbocycles. The predicted molar refractivity (Wildman–Crippen MR) is 102 cm³/mol. The van der Waals surface area contributed by atoms with Gasteiger partial charge in [0.15, 0.2) is 25.0 Å². The van der Waals surface area contributed by atoms with Crippen LogP contribution >= 0.6 is 0 Å². The second-order valence-corrected chi connectivity index (χ2v) is 22.8. The summed E-state index contributed by atoms with van der Waals surface area (Å²) in [7, 11) is -0.436. The minimum Gasteiger partial charge on any atom is -0.457 e. The van der Waals surface area contributed by atoms with Crippen LogP contribution in [0.1, 0.15) is 12.8 Å². The van der Waals surface area contributed by atoms with Crippen molar-refractivity contribution in [2.75, 3.05) is 6.61 Å². The Hall–Kier alpha value is 0.964. The molecule has 0 fully saturated rings. The molecular formula is C13H33O3Si5. The van der Waals surface area contributed by atoms with Gasteiger partial charge in [0, 0.05) is 6.61 Å². The van der Waals surface area contributed by atoms with Gasteiger partial charge in [0.05, 0.1) is 0 Å². The SMILES string of the molecule is C[Si](C)(C)OCCC[Si](C)(C)O[Si]CCC[Si](C)(C)O[Si]. The van der Waals surface area contributed by atoms with E-state index in [1.54, 1.807) is 0 Å². The second-order valence-electron chi connectivity index (χ2n) is 7.79. The van der Waals surface area contributed by atoms with Crippen molar-refractivity contribution in [1.29, 1.82) is 0 Å². The molecule has 0 amide bonds. The van der Waals surface area contributed by atoms with Crippen molar-refractivity contribution < 1.29 is 12.7 Å². The summed E-state index contributed by atoms with van der Waals surface area (Å²) in [6.45, 7) is 16.8. The lowest BCUT2D eigenvalue weighted by molar-refractivity contribution is 0.309. The fourth-order valence-corrected chi connectivity index (χ4v) is 8.05. The van der Waals surface area contributed by atoms with Gasteiger partial charge in [-0.2, -0.15) is 0 Å². The lowest BCUT2D eigenvalue weighted by atomic mass is 10.5. The third-order valence-electron chi connectivity index (χ3n) is 3.14. The van der Waals surface area contributed by atoms with E-state index in [1.165, 1.54) is 24.6 Å². The van der Waals surface area contributed by atoms with E-state index in [0.717, 1.165) is 13.0 Å². The van der Waals surface area contributed by atoms with Crippen LogP contribution in [-0.4, -0.2) is 51.8 Å². The molecule has 0 aliphatic rings. The molecule has 0 aliphatic carbocycles. The molecule has 3 nitrogen and oxygen atoms in total. The van der Waals surface area contributed by atoms with Crippen LogP contribution < -0.4 is 0 Å². The third-order valence-corrected chi connectivity index (χ3v) is 12.9. The molecule has 0 N–H and O–H groups in total. The first-order valence-electron chi connectivity index (χ1n) is 7.87. The minimum atomic E-state index is -1.49. The van der Waals surface area contributed by atoms with Crippen LogP contribution in [0, 0.1) is 0 Å². The molecular weight excluding hydrogens is 345 g/mol. The summed E-state index contributed by atoms with van der Waals surface area (Å²) in [6.07, 6.45) is 2.36. The molecule has 0 atom stereocenters. The average Bonchev–Trinajstić information content (AvgIpc) is 2.33. The smallest absolute Gasteiger partial charge is 0.230 e. The van der Waals surface area contributed by atoms with Gasteiger partial charge in [0.25, 0.3) is 0 Å². The third kappa shape index (κ3) is 14.3. The van der Waals surface area contributed by atoms with E-state index in [9.17, 15) is 0 Å². The van der Waals surface area contributed by atoms with Gasteiger partial charge in [-0.1, -0.05) is 6.42 Å². The summed E-state index contributed by atoms with van der Waals surface area (Å²) >= 11 is 0. The summed E-state index contributed by atoms with van der Waals surface area (Å²) in [5.74, 6) is 0. The molecule has 0 bridgehead atoms. The molecule has 0 saturated carbocycles. The van der Waals surface area contributed by atoms with E-state index in [2.05, 4.69) is 56.3 Å². The highest BCUT2D eigenvalue weighted by Crippen LogP contribution is 2.17. The highest BCUT2D eigenvalue weighted by atomic mass is 28.4. The Morgan fingerprint density at radius 1 is 0.857 bits per heavy atom. The van der Waals surface area contributed by atoms with Crippen molar-refractivity contribution in [3.8, 4) is 0 Å². The summed E-state index contributed by atoms with van der Waals surface area (Å²) in [6, 6.07) is 3.57. The van der Waals surface area contributed by atoms with Crippen molar-refractivity contribution in [2.24, 2.45) is 0 Å². The first kappa shape index (κ1) is 22.0. The number of hydrogen-bond acceptors (Lipinski definition) is 3. The molecule has 0 unspecified atom stereocenters. The van der Waals surface area contributed by atoms with Gasteiger partial charge in [0.1, 0.15) is 0 Å². The average molecular weight is 378 g/mol. The quantitative estimate of drug-likeness (QED) is 0.377. The highest BCUT2D eigenvalue weighted by Gasteiger charge is 2.23. The topological polar surface area (TPSA) is 27.7 Å². The van der Waals surface area contributed by atoms with Gasteiger partial charge >= 0.3 is 0 Å². The molecule has 0 rings (SSSR count). The first-order chi connectivity index (χ1) is 9.47. The van der Waals surface area contributed by atoms with Crippen molar-refractivity contribution in [3.05, 3.63) is 0 Å². The van der Waals surface area contributed by atoms with Crippen LogP contribution in [0.15, 0.2) is 0 Å². The molecule has 21 heavy (non-hydrogen) atoms. The van der Waals surface area contributed by atoms with Gasteiger partial charge in [-0.3, -0.25) is 0 Å². The van der Waals surface area contributed by atoms with E-state index < -0.39 is 25.0 Å². The zero-order valence-corrected chi connectivity index (χ0v) is 20.0. The maximum atomic E-state index is 6.19. The zero-order valence-electron chi connectivity index (χ0n) is 15.0. The Morgan fingerprint density at radius 2 is 1.43 bits per heavy atom. The molecule has 0 heterocycles. The van der Waals surface area contributed by atoms with Gasteiger partial charge in [0.2, 0.25) is 20.2 Å². The summed E-state index contributed by atoms with van der Waals surface area (Å²) < 4.78 is 17.5. The maximum Gasteiger partial charge on any atom is 0.230 e. The van der Waals surface area contributed by atoms with Crippen molar-refractivity contribution in [2.45, 2.75) is 76.8 Å².